The maximum absolute atomic E-state index is 13.7. The molecule has 1 aromatic heterocycles. The molecule has 2 aromatic rings. The van der Waals surface area contributed by atoms with Crippen LogP contribution < -0.4 is 0 Å². The van der Waals surface area contributed by atoms with E-state index >= 15 is 0 Å². The van der Waals surface area contributed by atoms with E-state index in [0.29, 0.717) is 10.3 Å². The van der Waals surface area contributed by atoms with Gasteiger partial charge in [0.05, 0.1) is 16.5 Å². The number of benzene rings is 1. The van der Waals surface area contributed by atoms with E-state index in [0.717, 1.165) is 0 Å². The van der Waals surface area contributed by atoms with Crippen LogP contribution in [0.5, 0.6) is 0 Å². The third kappa shape index (κ3) is 2.44. The number of hydrogen-bond donors (Lipinski definition) is 0. The fourth-order valence-corrected chi connectivity index (χ4v) is 1.89. The van der Waals surface area contributed by atoms with Crippen LogP contribution in [0.1, 0.15) is 16.2 Å². The van der Waals surface area contributed by atoms with Gasteiger partial charge in [0.15, 0.2) is 5.78 Å². The van der Waals surface area contributed by atoms with Crippen LogP contribution in [0.15, 0.2) is 35.1 Å². The standard InChI is InChI=1S/C12H10BrFN2O/c1-16-6-5-15-11(16)7-10(17)8-3-2-4-9(13)12(8)14/h2-6H,7H2,1H3. The van der Waals surface area contributed by atoms with Crippen LogP contribution in [0.25, 0.3) is 0 Å². The van der Waals surface area contributed by atoms with E-state index in [9.17, 15) is 9.18 Å². The molecule has 0 aliphatic rings. The fourth-order valence-electron chi connectivity index (χ4n) is 1.52. The number of Topliss-reactive ketones (excluding diaryl/α,β-unsaturated/α-hetero) is 1. The first-order valence-corrected chi connectivity index (χ1v) is 5.82. The molecule has 0 bridgehead atoms. The van der Waals surface area contributed by atoms with E-state index in [1.165, 1.54) is 6.07 Å². The topological polar surface area (TPSA) is 34.9 Å². The minimum absolute atomic E-state index is 0.0855. The Hall–Kier alpha value is -1.49. The second-order valence-electron chi connectivity index (χ2n) is 3.66. The summed E-state index contributed by atoms with van der Waals surface area (Å²) in [5, 5.41) is 0. The molecule has 0 saturated carbocycles. The number of imidazole rings is 1. The number of aromatic nitrogens is 2. The van der Waals surface area contributed by atoms with Crippen molar-refractivity contribution >= 4 is 21.7 Å². The van der Waals surface area contributed by atoms with Gasteiger partial charge < -0.3 is 4.57 Å². The van der Waals surface area contributed by atoms with Crippen LogP contribution in [0.3, 0.4) is 0 Å². The van der Waals surface area contributed by atoms with Gasteiger partial charge in [0, 0.05) is 19.4 Å². The summed E-state index contributed by atoms with van der Waals surface area (Å²) in [5.74, 6) is -0.181. The summed E-state index contributed by atoms with van der Waals surface area (Å²) in [4.78, 5) is 16.0. The molecule has 3 nitrogen and oxygen atoms in total. The Bertz CT molecular complexity index is 565. The number of halogens is 2. The second kappa shape index (κ2) is 4.79. The van der Waals surface area contributed by atoms with E-state index in [1.807, 2.05) is 0 Å². The van der Waals surface area contributed by atoms with Gasteiger partial charge in [-0.1, -0.05) is 6.07 Å². The second-order valence-corrected chi connectivity index (χ2v) is 4.51. The maximum Gasteiger partial charge on any atom is 0.173 e. The predicted octanol–water partition coefficient (Wildman–Crippen LogP) is 2.75. The molecule has 0 fully saturated rings. The number of carbonyl (C=O) groups excluding carboxylic acids is 1. The summed E-state index contributed by atoms with van der Waals surface area (Å²) in [5.41, 5.74) is 0.0855. The first-order valence-electron chi connectivity index (χ1n) is 5.03. The van der Waals surface area contributed by atoms with Crippen molar-refractivity contribution in [3.8, 4) is 0 Å². The molecule has 17 heavy (non-hydrogen) atoms. The maximum atomic E-state index is 13.7. The minimum atomic E-state index is -0.522. The lowest BCUT2D eigenvalue weighted by Gasteiger charge is -2.04. The highest BCUT2D eigenvalue weighted by Gasteiger charge is 2.15. The summed E-state index contributed by atoms with van der Waals surface area (Å²) in [6, 6.07) is 4.68. The molecule has 2 rings (SSSR count). The highest BCUT2D eigenvalue weighted by Crippen LogP contribution is 2.19. The van der Waals surface area contributed by atoms with Gasteiger partial charge in [0.1, 0.15) is 11.6 Å². The monoisotopic (exact) mass is 296 g/mol. The van der Waals surface area contributed by atoms with Crippen molar-refractivity contribution in [2.24, 2.45) is 7.05 Å². The molecule has 0 spiro atoms. The zero-order chi connectivity index (χ0) is 12.4. The summed E-state index contributed by atoms with van der Waals surface area (Å²) >= 11 is 3.06. The van der Waals surface area contributed by atoms with Crippen LogP contribution in [0.2, 0.25) is 0 Å². The Morgan fingerprint density at radius 2 is 2.29 bits per heavy atom. The molecule has 0 radical (unpaired) electrons. The Morgan fingerprint density at radius 3 is 2.94 bits per heavy atom. The lowest BCUT2D eigenvalue weighted by Crippen LogP contribution is -2.10. The van der Waals surface area contributed by atoms with Crippen molar-refractivity contribution in [3.63, 3.8) is 0 Å². The number of carbonyl (C=O) groups is 1. The van der Waals surface area contributed by atoms with E-state index in [4.69, 9.17) is 0 Å². The van der Waals surface area contributed by atoms with Gasteiger partial charge in [-0.15, -0.1) is 0 Å². The summed E-state index contributed by atoms with van der Waals surface area (Å²) in [6.07, 6.45) is 3.45. The van der Waals surface area contributed by atoms with Crippen molar-refractivity contribution in [2.45, 2.75) is 6.42 Å². The first kappa shape index (κ1) is 12.0. The molecular weight excluding hydrogens is 287 g/mol. The fraction of sp³-hybridized carbons (Fsp3) is 0.167. The van der Waals surface area contributed by atoms with Gasteiger partial charge in [-0.2, -0.15) is 0 Å². The molecule has 0 atom stereocenters. The first-order chi connectivity index (χ1) is 8.09. The van der Waals surface area contributed by atoms with Gasteiger partial charge in [-0.05, 0) is 28.1 Å². The van der Waals surface area contributed by atoms with Crippen LogP contribution in [0, 0.1) is 5.82 Å². The SMILES string of the molecule is Cn1ccnc1CC(=O)c1cccc(Br)c1F. The van der Waals surface area contributed by atoms with Crippen molar-refractivity contribution < 1.29 is 9.18 Å². The minimum Gasteiger partial charge on any atom is -0.338 e. The Labute approximate surface area is 106 Å². The van der Waals surface area contributed by atoms with E-state index in [-0.39, 0.29) is 17.8 Å². The number of ketones is 1. The quantitative estimate of drug-likeness (QED) is 0.817. The lowest BCUT2D eigenvalue weighted by molar-refractivity contribution is 0.0986. The lowest BCUT2D eigenvalue weighted by atomic mass is 10.1. The molecule has 88 valence electrons. The smallest absolute Gasteiger partial charge is 0.173 e. The predicted molar refractivity (Wildman–Crippen MR) is 65.3 cm³/mol. The summed E-state index contributed by atoms with van der Waals surface area (Å²) in [6.45, 7) is 0. The van der Waals surface area contributed by atoms with E-state index < -0.39 is 5.82 Å². The van der Waals surface area contributed by atoms with Gasteiger partial charge >= 0.3 is 0 Å². The zero-order valence-electron chi connectivity index (χ0n) is 9.15. The molecule has 0 aliphatic carbocycles. The van der Waals surface area contributed by atoms with Gasteiger partial charge in [0.2, 0.25) is 0 Å². The highest BCUT2D eigenvalue weighted by molar-refractivity contribution is 9.10. The molecule has 0 saturated heterocycles. The van der Waals surface area contributed by atoms with Gasteiger partial charge in [0.25, 0.3) is 0 Å². The summed E-state index contributed by atoms with van der Waals surface area (Å²) < 4.78 is 15.7. The van der Waals surface area contributed by atoms with Crippen LogP contribution in [-0.4, -0.2) is 15.3 Å². The molecule has 5 heteroatoms. The number of rotatable bonds is 3. The van der Waals surface area contributed by atoms with E-state index in [1.54, 1.807) is 36.1 Å². The molecule has 1 heterocycles. The average Bonchev–Trinajstić information content (AvgIpc) is 2.68. The third-order valence-electron chi connectivity index (χ3n) is 2.49. The van der Waals surface area contributed by atoms with E-state index in [2.05, 4.69) is 20.9 Å². The van der Waals surface area contributed by atoms with Crippen molar-refractivity contribution in [1.82, 2.24) is 9.55 Å². The number of hydrogen-bond acceptors (Lipinski definition) is 2. The van der Waals surface area contributed by atoms with Crippen molar-refractivity contribution in [1.29, 1.82) is 0 Å². The molecule has 0 N–H and O–H groups in total. The molecule has 0 aliphatic heterocycles. The molecule has 1 aromatic carbocycles. The largest absolute Gasteiger partial charge is 0.338 e. The van der Waals surface area contributed by atoms with Crippen LogP contribution in [0.4, 0.5) is 4.39 Å². The zero-order valence-corrected chi connectivity index (χ0v) is 10.7. The van der Waals surface area contributed by atoms with Gasteiger partial charge in [-0.3, -0.25) is 4.79 Å². The van der Waals surface area contributed by atoms with Gasteiger partial charge in [-0.25, -0.2) is 9.37 Å². The normalized spacial score (nSPS) is 10.5. The molecule has 0 amide bonds. The number of aryl methyl sites for hydroxylation is 1. The third-order valence-corrected chi connectivity index (χ3v) is 3.10. The molecule has 0 unspecified atom stereocenters. The van der Waals surface area contributed by atoms with Crippen LogP contribution in [-0.2, 0) is 13.5 Å². The van der Waals surface area contributed by atoms with Crippen molar-refractivity contribution in [3.05, 3.63) is 52.3 Å². The summed E-state index contributed by atoms with van der Waals surface area (Å²) in [7, 11) is 1.80. The number of nitrogens with zero attached hydrogens (tertiary/aromatic N) is 2. The van der Waals surface area contributed by atoms with Crippen LogP contribution >= 0.6 is 15.9 Å². The Morgan fingerprint density at radius 1 is 1.53 bits per heavy atom. The molecular formula is C12H10BrFN2O. The average molecular weight is 297 g/mol. The Kier molecular flexibility index (Phi) is 3.38. The highest BCUT2D eigenvalue weighted by atomic mass is 79.9. The van der Waals surface area contributed by atoms with Crippen molar-refractivity contribution in [2.75, 3.05) is 0 Å². The Balaban J connectivity index is 2.27.